The maximum Gasteiger partial charge on any atom is 0.316 e. The van der Waals surface area contributed by atoms with Crippen LogP contribution in [0.15, 0.2) is 48.5 Å². The van der Waals surface area contributed by atoms with Crippen molar-refractivity contribution in [2.45, 2.75) is 45.6 Å². The lowest BCUT2D eigenvalue weighted by Gasteiger charge is -2.22. The van der Waals surface area contributed by atoms with E-state index in [4.69, 9.17) is 0 Å². The Labute approximate surface area is 148 Å². The molecule has 1 N–H and O–H groups in total. The van der Waals surface area contributed by atoms with Crippen LogP contribution in [0.3, 0.4) is 0 Å². The largest absolute Gasteiger partial charge is 0.318 e. The molecule has 0 aliphatic carbocycles. The molecule has 1 heterocycles. The molecular formula is C21H24N2O2. The molecule has 1 aliphatic rings. The summed E-state index contributed by atoms with van der Waals surface area (Å²) in [5.41, 5.74) is 3.79. The van der Waals surface area contributed by atoms with Gasteiger partial charge in [-0.1, -0.05) is 51.1 Å². The van der Waals surface area contributed by atoms with Gasteiger partial charge in [0.15, 0.2) is 0 Å². The normalized spacial score (nSPS) is 16.5. The quantitative estimate of drug-likeness (QED) is 0.803. The van der Waals surface area contributed by atoms with E-state index in [1.165, 1.54) is 5.56 Å². The molecular weight excluding hydrogens is 312 g/mol. The first-order chi connectivity index (χ1) is 11.8. The summed E-state index contributed by atoms with van der Waals surface area (Å²) in [7, 11) is 0. The summed E-state index contributed by atoms with van der Waals surface area (Å²) in [6, 6.07) is 15.4. The number of rotatable bonds is 1. The summed E-state index contributed by atoms with van der Waals surface area (Å²) in [4.78, 5) is 26.7. The second-order valence-electron chi connectivity index (χ2n) is 7.64. The van der Waals surface area contributed by atoms with Gasteiger partial charge in [-0.05, 0) is 48.1 Å². The smallest absolute Gasteiger partial charge is 0.316 e. The Morgan fingerprint density at radius 3 is 2.32 bits per heavy atom. The molecule has 25 heavy (non-hydrogen) atoms. The number of nitrogens with zero attached hydrogens (tertiary/aromatic N) is 1. The standard InChI is InChI=1S/C21H24N2O2/c1-14-13-15-7-5-6-8-18(15)23(14)20(25)19(24)22-17-11-9-16(10-12-17)21(2,3)4/h5-12,14H,13H2,1-4H3,(H,22,24). The number of nitrogens with one attached hydrogen (secondary N) is 1. The minimum Gasteiger partial charge on any atom is -0.318 e. The first-order valence-corrected chi connectivity index (χ1v) is 8.60. The van der Waals surface area contributed by atoms with Gasteiger partial charge >= 0.3 is 11.8 Å². The number of hydrogen-bond donors (Lipinski definition) is 1. The van der Waals surface area contributed by atoms with Crippen molar-refractivity contribution in [1.82, 2.24) is 0 Å². The fourth-order valence-corrected chi connectivity index (χ4v) is 3.22. The lowest BCUT2D eigenvalue weighted by atomic mass is 9.87. The number of fused-ring (bicyclic) bond motifs is 1. The predicted octanol–water partition coefficient (Wildman–Crippen LogP) is 3.90. The highest BCUT2D eigenvalue weighted by molar-refractivity contribution is 6.44. The van der Waals surface area contributed by atoms with E-state index in [1.807, 2.05) is 55.5 Å². The van der Waals surface area contributed by atoms with Crippen molar-refractivity contribution in [1.29, 1.82) is 0 Å². The van der Waals surface area contributed by atoms with Crippen LogP contribution in [0, 0.1) is 0 Å². The maximum atomic E-state index is 12.7. The van der Waals surface area contributed by atoms with Crippen LogP contribution in [-0.2, 0) is 21.4 Å². The zero-order chi connectivity index (χ0) is 18.2. The Hall–Kier alpha value is -2.62. The molecule has 3 rings (SSSR count). The highest BCUT2D eigenvalue weighted by Gasteiger charge is 2.34. The summed E-state index contributed by atoms with van der Waals surface area (Å²) in [5, 5.41) is 2.72. The Morgan fingerprint density at radius 2 is 1.68 bits per heavy atom. The monoisotopic (exact) mass is 336 g/mol. The highest BCUT2D eigenvalue weighted by Crippen LogP contribution is 2.32. The molecule has 1 atom stereocenters. The van der Waals surface area contributed by atoms with Gasteiger partial charge in [-0.3, -0.25) is 9.59 Å². The lowest BCUT2D eigenvalue weighted by molar-refractivity contribution is -0.134. The van der Waals surface area contributed by atoms with Crippen molar-refractivity contribution in [3.05, 3.63) is 59.7 Å². The van der Waals surface area contributed by atoms with Crippen LogP contribution in [0.2, 0.25) is 0 Å². The second-order valence-corrected chi connectivity index (χ2v) is 7.64. The topological polar surface area (TPSA) is 49.4 Å². The number of para-hydroxylation sites is 1. The fraction of sp³-hybridized carbons (Fsp3) is 0.333. The van der Waals surface area contributed by atoms with E-state index >= 15 is 0 Å². The molecule has 0 fully saturated rings. The summed E-state index contributed by atoms with van der Waals surface area (Å²) < 4.78 is 0. The predicted molar refractivity (Wildman–Crippen MR) is 101 cm³/mol. The van der Waals surface area contributed by atoms with Crippen LogP contribution in [0.1, 0.15) is 38.8 Å². The van der Waals surface area contributed by atoms with Gasteiger partial charge in [0, 0.05) is 17.4 Å². The zero-order valence-electron chi connectivity index (χ0n) is 15.2. The molecule has 0 saturated heterocycles. The number of amides is 2. The Balaban J connectivity index is 1.74. The van der Waals surface area contributed by atoms with Gasteiger partial charge in [-0.25, -0.2) is 0 Å². The summed E-state index contributed by atoms with van der Waals surface area (Å²) in [6.45, 7) is 8.37. The molecule has 4 nitrogen and oxygen atoms in total. The number of anilines is 2. The van der Waals surface area contributed by atoms with Crippen LogP contribution in [-0.4, -0.2) is 17.9 Å². The number of benzene rings is 2. The van der Waals surface area contributed by atoms with Crippen LogP contribution < -0.4 is 10.2 Å². The van der Waals surface area contributed by atoms with Crippen molar-refractivity contribution in [3.8, 4) is 0 Å². The summed E-state index contributed by atoms with van der Waals surface area (Å²) in [6.07, 6.45) is 0.773. The molecule has 2 aromatic carbocycles. The van der Waals surface area contributed by atoms with E-state index in [9.17, 15) is 9.59 Å². The first kappa shape index (κ1) is 17.2. The summed E-state index contributed by atoms with van der Waals surface area (Å²) >= 11 is 0. The van der Waals surface area contributed by atoms with Crippen molar-refractivity contribution in [2.75, 3.05) is 10.2 Å². The number of hydrogen-bond acceptors (Lipinski definition) is 2. The number of carbonyl (C=O) groups excluding carboxylic acids is 2. The van der Waals surface area contributed by atoms with Crippen LogP contribution >= 0.6 is 0 Å². The van der Waals surface area contributed by atoms with Crippen molar-refractivity contribution in [3.63, 3.8) is 0 Å². The molecule has 0 aromatic heterocycles. The summed E-state index contributed by atoms with van der Waals surface area (Å²) in [5.74, 6) is -1.12. The molecule has 0 radical (unpaired) electrons. The fourth-order valence-electron chi connectivity index (χ4n) is 3.22. The SMILES string of the molecule is CC1Cc2ccccc2N1C(=O)C(=O)Nc1ccc(C(C)(C)C)cc1. The van der Waals surface area contributed by atoms with Crippen molar-refractivity contribution in [2.24, 2.45) is 0 Å². The molecule has 1 aliphatic heterocycles. The van der Waals surface area contributed by atoms with Gasteiger partial charge in [0.25, 0.3) is 0 Å². The Kier molecular flexibility index (Phi) is 4.38. The van der Waals surface area contributed by atoms with Crippen molar-refractivity contribution < 1.29 is 9.59 Å². The Bertz CT molecular complexity index is 803. The van der Waals surface area contributed by atoms with Gasteiger partial charge in [-0.15, -0.1) is 0 Å². The van der Waals surface area contributed by atoms with Crippen LogP contribution in [0.25, 0.3) is 0 Å². The maximum absolute atomic E-state index is 12.7. The van der Waals surface area contributed by atoms with E-state index in [2.05, 4.69) is 26.1 Å². The third-order valence-electron chi connectivity index (χ3n) is 4.63. The minimum atomic E-state index is -0.605. The van der Waals surface area contributed by atoms with Gasteiger partial charge in [0.1, 0.15) is 0 Å². The van der Waals surface area contributed by atoms with E-state index in [1.54, 1.807) is 4.90 Å². The van der Waals surface area contributed by atoms with Gasteiger partial charge in [0.2, 0.25) is 0 Å². The molecule has 4 heteroatoms. The van der Waals surface area contributed by atoms with Gasteiger partial charge in [-0.2, -0.15) is 0 Å². The zero-order valence-corrected chi connectivity index (χ0v) is 15.2. The molecule has 0 bridgehead atoms. The minimum absolute atomic E-state index is 0.0149. The third kappa shape index (κ3) is 3.43. The van der Waals surface area contributed by atoms with Gasteiger partial charge < -0.3 is 10.2 Å². The van der Waals surface area contributed by atoms with Crippen LogP contribution in [0.5, 0.6) is 0 Å². The molecule has 2 amide bonds. The molecule has 1 unspecified atom stereocenters. The molecule has 130 valence electrons. The second kappa shape index (κ2) is 6.36. The van der Waals surface area contributed by atoms with Crippen molar-refractivity contribution >= 4 is 23.2 Å². The number of carbonyl (C=O) groups is 2. The van der Waals surface area contributed by atoms with E-state index < -0.39 is 11.8 Å². The highest BCUT2D eigenvalue weighted by atomic mass is 16.2. The molecule has 2 aromatic rings. The van der Waals surface area contributed by atoms with Gasteiger partial charge in [0.05, 0.1) is 0 Å². The third-order valence-corrected chi connectivity index (χ3v) is 4.63. The molecule has 0 saturated carbocycles. The van der Waals surface area contributed by atoms with Crippen LogP contribution in [0.4, 0.5) is 11.4 Å². The van der Waals surface area contributed by atoms with E-state index in [0.29, 0.717) is 5.69 Å². The van der Waals surface area contributed by atoms with E-state index in [-0.39, 0.29) is 11.5 Å². The Morgan fingerprint density at radius 1 is 1.04 bits per heavy atom. The average Bonchev–Trinajstić information content (AvgIpc) is 2.89. The average molecular weight is 336 g/mol. The first-order valence-electron chi connectivity index (χ1n) is 8.60. The van der Waals surface area contributed by atoms with E-state index in [0.717, 1.165) is 17.7 Å². The lowest BCUT2D eigenvalue weighted by Crippen LogP contribution is -2.43. The molecule has 0 spiro atoms.